The molecule has 0 saturated heterocycles. The summed E-state index contributed by atoms with van der Waals surface area (Å²) in [6.45, 7) is 0.716. The van der Waals surface area contributed by atoms with E-state index >= 15 is 0 Å². The Balaban J connectivity index is 2.55. The van der Waals surface area contributed by atoms with Gasteiger partial charge in [0.15, 0.2) is 0 Å². The molecule has 0 atom stereocenters. The zero-order chi connectivity index (χ0) is 9.68. The Kier molecular flexibility index (Phi) is 3.92. The molecule has 0 saturated carbocycles. The molecule has 0 bridgehead atoms. The van der Waals surface area contributed by atoms with E-state index in [4.69, 9.17) is 10.5 Å². The fourth-order valence-electron chi connectivity index (χ4n) is 1.16. The van der Waals surface area contributed by atoms with Crippen LogP contribution in [0.1, 0.15) is 21.7 Å². The molecule has 3 nitrogen and oxygen atoms in total. The van der Waals surface area contributed by atoms with E-state index in [9.17, 15) is 4.79 Å². The average molecular weight is 199 g/mol. The molecule has 1 aromatic heterocycles. The molecule has 0 aliphatic carbocycles. The first-order valence-corrected chi connectivity index (χ1v) is 4.98. The minimum Gasteiger partial charge on any atom is -0.385 e. The summed E-state index contributed by atoms with van der Waals surface area (Å²) in [6, 6.07) is 1.94. The van der Waals surface area contributed by atoms with Crippen LogP contribution in [0, 0.1) is 0 Å². The van der Waals surface area contributed by atoms with Gasteiger partial charge in [-0.25, -0.2) is 0 Å². The quantitative estimate of drug-likeness (QED) is 0.729. The molecule has 1 rings (SSSR count). The van der Waals surface area contributed by atoms with Crippen molar-refractivity contribution in [1.82, 2.24) is 0 Å². The van der Waals surface area contributed by atoms with E-state index in [-0.39, 0.29) is 5.91 Å². The zero-order valence-corrected chi connectivity index (χ0v) is 8.39. The van der Waals surface area contributed by atoms with Crippen molar-refractivity contribution >= 4 is 17.2 Å². The number of ether oxygens (including phenoxy) is 1. The van der Waals surface area contributed by atoms with Crippen LogP contribution in [0.15, 0.2) is 11.4 Å². The number of aryl methyl sites for hydroxylation is 1. The normalized spacial score (nSPS) is 10.2. The molecule has 72 valence electrons. The van der Waals surface area contributed by atoms with Crippen molar-refractivity contribution in [3.05, 3.63) is 21.9 Å². The smallest absolute Gasteiger partial charge is 0.259 e. The van der Waals surface area contributed by atoms with Crippen molar-refractivity contribution in [2.24, 2.45) is 5.73 Å². The summed E-state index contributed by atoms with van der Waals surface area (Å²) in [7, 11) is 1.67. The maximum atomic E-state index is 10.9. The molecule has 0 radical (unpaired) electrons. The highest BCUT2D eigenvalue weighted by molar-refractivity contribution is 7.12. The lowest BCUT2D eigenvalue weighted by atomic mass is 10.1. The molecule has 0 fully saturated rings. The van der Waals surface area contributed by atoms with Crippen molar-refractivity contribution in [2.75, 3.05) is 13.7 Å². The Labute approximate surface area is 81.5 Å². The number of carbonyl (C=O) groups excluding carboxylic acids is 1. The Bertz CT molecular complexity index is 283. The van der Waals surface area contributed by atoms with Crippen molar-refractivity contribution in [3.8, 4) is 0 Å². The minimum absolute atomic E-state index is 0.331. The summed E-state index contributed by atoms with van der Waals surface area (Å²) in [5.74, 6) is -0.331. The highest BCUT2D eigenvalue weighted by Crippen LogP contribution is 2.17. The van der Waals surface area contributed by atoms with Crippen molar-refractivity contribution in [1.29, 1.82) is 0 Å². The van der Waals surface area contributed by atoms with Crippen LogP contribution in [0.4, 0.5) is 0 Å². The summed E-state index contributed by atoms with van der Waals surface area (Å²) in [6.07, 6.45) is 1.78. The van der Waals surface area contributed by atoms with E-state index in [0.29, 0.717) is 11.5 Å². The van der Waals surface area contributed by atoms with Gasteiger partial charge in [-0.3, -0.25) is 4.79 Å². The van der Waals surface area contributed by atoms with E-state index in [1.807, 2.05) is 11.4 Å². The predicted octanol–water partition coefficient (Wildman–Crippen LogP) is 1.43. The van der Waals surface area contributed by atoms with Crippen LogP contribution in [0.25, 0.3) is 0 Å². The highest BCUT2D eigenvalue weighted by Gasteiger charge is 2.08. The van der Waals surface area contributed by atoms with Gasteiger partial charge in [0.05, 0.1) is 4.88 Å². The lowest BCUT2D eigenvalue weighted by Crippen LogP contribution is -2.11. The fraction of sp³-hybridized carbons (Fsp3) is 0.444. The van der Waals surface area contributed by atoms with Gasteiger partial charge in [0.2, 0.25) is 0 Å². The summed E-state index contributed by atoms with van der Waals surface area (Å²) in [4.78, 5) is 11.6. The van der Waals surface area contributed by atoms with E-state index in [1.54, 1.807) is 7.11 Å². The molecule has 0 unspecified atom stereocenters. The number of rotatable bonds is 5. The molecule has 0 aromatic carbocycles. The Morgan fingerprint density at radius 1 is 1.69 bits per heavy atom. The van der Waals surface area contributed by atoms with E-state index in [0.717, 1.165) is 18.4 Å². The Morgan fingerprint density at radius 2 is 2.46 bits per heavy atom. The molecule has 1 amide bonds. The van der Waals surface area contributed by atoms with Gasteiger partial charge in [-0.2, -0.15) is 0 Å². The first kappa shape index (κ1) is 10.2. The largest absolute Gasteiger partial charge is 0.385 e. The van der Waals surface area contributed by atoms with Crippen LogP contribution in [-0.2, 0) is 11.2 Å². The molecule has 13 heavy (non-hydrogen) atoms. The topological polar surface area (TPSA) is 52.3 Å². The molecule has 4 heteroatoms. The van der Waals surface area contributed by atoms with Crippen LogP contribution in [0.2, 0.25) is 0 Å². The third kappa shape index (κ3) is 2.82. The summed E-state index contributed by atoms with van der Waals surface area (Å²) in [5, 5.41) is 1.89. The number of primary amides is 1. The summed E-state index contributed by atoms with van der Waals surface area (Å²) >= 11 is 1.40. The Morgan fingerprint density at radius 3 is 3.08 bits per heavy atom. The van der Waals surface area contributed by atoms with Gasteiger partial charge in [0, 0.05) is 13.7 Å². The van der Waals surface area contributed by atoms with Gasteiger partial charge in [-0.15, -0.1) is 11.3 Å². The van der Waals surface area contributed by atoms with Crippen LogP contribution < -0.4 is 5.73 Å². The van der Waals surface area contributed by atoms with Crippen LogP contribution >= 0.6 is 11.3 Å². The maximum absolute atomic E-state index is 10.9. The van der Waals surface area contributed by atoms with Gasteiger partial charge in [-0.05, 0) is 29.9 Å². The standard InChI is InChI=1S/C9H13NO2S/c1-12-5-2-3-7-4-6-13-8(7)9(10)11/h4,6H,2-3,5H2,1H3,(H2,10,11). The Hall–Kier alpha value is -0.870. The van der Waals surface area contributed by atoms with Crippen molar-refractivity contribution in [3.63, 3.8) is 0 Å². The van der Waals surface area contributed by atoms with Crippen LogP contribution in [0.5, 0.6) is 0 Å². The van der Waals surface area contributed by atoms with Crippen LogP contribution in [-0.4, -0.2) is 19.6 Å². The second-order valence-electron chi connectivity index (χ2n) is 2.74. The second kappa shape index (κ2) is 4.99. The molecule has 2 N–H and O–H groups in total. The maximum Gasteiger partial charge on any atom is 0.259 e. The number of methoxy groups -OCH3 is 1. The predicted molar refractivity (Wildman–Crippen MR) is 53.0 cm³/mol. The van der Waals surface area contributed by atoms with Gasteiger partial charge in [0.1, 0.15) is 0 Å². The monoisotopic (exact) mass is 199 g/mol. The van der Waals surface area contributed by atoms with Gasteiger partial charge < -0.3 is 10.5 Å². The molecule has 0 aliphatic rings. The summed E-state index contributed by atoms with van der Waals surface area (Å²) < 4.78 is 4.93. The molecule has 1 aromatic rings. The van der Waals surface area contributed by atoms with E-state index < -0.39 is 0 Å². The van der Waals surface area contributed by atoms with Crippen molar-refractivity contribution in [2.45, 2.75) is 12.8 Å². The number of carbonyl (C=O) groups is 1. The lowest BCUT2D eigenvalue weighted by Gasteiger charge is -1.99. The van der Waals surface area contributed by atoms with Gasteiger partial charge in [0.25, 0.3) is 5.91 Å². The van der Waals surface area contributed by atoms with Crippen molar-refractivity contribution < 1.29 is 9.53 Å². The average Bonchev–Trinajstić information content (AvgIpc) is 2.53. The third-order valence-corrected chi connectivity index (χ3v) is 2.74. The molecular weight excluding hydrogens is 186 g/mol. The number of hydrogen-bond acceptors (Lipinski definition) is 3. The fourth-order valence-corrected chi connectivity index (χ4v) is 1.96. The zero-order valence-electron chi connectivity index (χ0n) is 7.58. The molecule has 0 spiro atoms. The van der Waals surface area contributed by atoms with E-state index in [2.05, 4.69) is 0 Å². The number of nitrogens with two attached hydrogens (primary N) is 1. The second-order valence-corrected chi connectivity index (χ2v) is 3.65. The first-order chi connectivity index (χ1) is 6.25. The first-order valence-electron chi connectivity index (χ1n) is 4.11. The van der Waals surface area contributed by atoms with E-state index in [1.165, 1.54) is 11.3 Å². The van der Waals surface area contributed by atoms with Crippen LogP contribution in [0.3, 0.4) is 0 Å². The van der Waals surface area contributed by atoms with Gasteiger partial charge >= 0.3 is 0 Å². The molecule has 0 aliphatic heterocycles. The minimum atomic E-state index is -0.331. The third-order valence-electron chi connectivity index (χ3n) is 1.77. The molecule has 1 heterocycles. The number of amides is 1. The number of thiophene rings is 1. The van der Waals surface area contributed by atoms with Gasteiger partial charge in [-0.1, -0.05) is 0 Å². The lowest BCUT2D eigenvalue weighted by molar-refractivity contribution is 0.100. The number of hydrogen-bond donors (Lipinski definition) is 1. The summed E-state index contributed by atoms with van der Waals surface area (Å²) in [5.41, 5.74) is 6.24. The highest BCUT2D eigenvalue weighted by atomic mass is 32.1. The molecular formula is C9H13NO2S. The SMILES string of the molecule is COCCCc1ccsc1C(N)=O.